The Labute approximate surface area is 131 Å². The van der Waals surface area contributed by atoms with E-state index in [1.165, 1.54) is 0 Å². The maximum Gasteiger partial charge on any atom is 0.163 e. The van der Waals surface area contributed by atoms with Gasteiger partial charge in [0, 0.05) is 22.7 Å². The maximum absolute atomic E-state index is 5.63. The van der Waals surface area contributed by atoms with E-state index < -0.39 is 0 Å². The van der Waals surface area contributed by atoms with E-state index in [1.54, 1.807) is 0 Å². The SMILES string of the molecule is CC1(C)CC(NC(N)=S)CC(C)(C(=S)CC(N)=S)C1. The summed E-state index contributed by atoms with van der Waals surface area (Å²) in [6.45, 7) is 6.70. The summed E-state index contributed by atoms with van der Waals surface area (Å²) in [5.74, 6) is 0. The fraction of sp³-hybridized carbons (Fsp3) is 0.769. The molecule has 2 unspecified atom stereocenters. The van der Waals surface area contributed by atoms with Crippen molar-refractivity contribution in [3.63, 3.8) is 0 Å². The molecule has 2 atom stereocenters. The molecule has 0 aromatic heterocycles. The zero-order chi connectivity index (χ0) is 14.8. The minimum Gasteiger partial charge on any atom is -0.393 e. The van der Waals surface area contributed by atoms with Gasteiger partial charge in [0.1, 0.15) is 0 Å². The lowest BCUT2D eigenvalue weighted by Gasteiger charge is -2.47. The average Bonchev–Trinajstić information content (AvgIpc) is 2.11. The van der Waals surface area contributed by atoms with Gasteiger partial charge in [0.2, 0.25) is 0 Å². The molecular weight excluding hydrogens is 294 g/mol. The second-order valence-corrected chi connectivity index (χ2v) is 8.04. The summed E-state index contributed by atoms with van der Waals surface area (Å²) in [6.07, 6.45) is 3.54. The van der Waals surface area contributed by atoms with E-state index in [2.05, 4.69) is 26.1 Å². The second kappa shape index (κ2) is 5.97. The van der Waals surface area contributed by atoms with Crippen LogP contribution in [0.1, 0.15) is 46.5 Å². The molecule has 1 aliphatic carbocycles. The van der Waals surface area contributed by atoms with Crippen LogP contribution in [-0.2, 0) is 0 Å². The highest BCUT2D eigenvalue weighted by molar-refractivity contribution is 7.82. The van der Waals surface area contributed by atoms with E-state index in [0.29, 0.717) is 16.5 Å². The number of hydrogen-bond donors (Lipinski definition) is 3. The summed E-state index contributed by atoms with van der Waals surface area (Å²) in [4.78, 5) is 1.41. The van der Waals surface area contributed by atoms with Crippen LogP contribution in [0.3, 0.4) is 0 Å². The van der Waals surface area contributed by atoms with Gasteiger partial charge in [0.25, 0.3) is 0 Å². The third-order valence-corrected chi connectivity index (χ3v) is 4.62. The van der Waals surface area contributed by atoms with Crippen molar-refractivity contribution in [1.82, 2.24) is 5.32 Å². The summed E-state index contributed by atoms with van der Waals surface area (Å²) in [5, 5.41) is 3.54. The van der Waals surface area contributed by atoms with Gasteiger partial charge in [-0.25, -0.2) is 0 Å². The summed E-state index contributed by atoms with van der Waals surface area (Å²) in [6, 6.07) is 0.260. The van der Waals surface area contributed by atoms with Crippen LogP contribution in [-0.4, -0.2) is 21.0 Å². The van der Waals surface area contributed by atoms with Crippen molar-refractivity contribution >= 4 is 51.6 Å². The number of nitrogens with one attached hydrogen (secondary N) is 1. The van der Waals surface area contributed by atoms with E-state index in [-0.39, 0.29) is 16.9 Å². The predicted octanol–water partition coefficient (Wildman–Crippen LogP) is 2.45. The zero-order valence-electron chi connectivity index (χ0n) is 11.8. The largest absolute Gasteiger partial charge is 0.393 e. The molecule has 0 amide bonds. The van der Waals surface area contributed by atoms with Crippen LogP contribution in [0.25, 0.3) is 0 Å². The highest BCUT2D eigenvalue weighted by Crippen LogP contribution is 2.47. The van der Waals surface area contributed by atoms with Crippen LogP contribution < -0.4 is 16.8 Å². The number of hydrogen-bond acceptors (Lipinski definition) is 3. The lowest BCUT2D eigenvalue weighted by atomic mass is 9.61. The van der Waals surface area contributed by atoms with Crippen LogP contribution >= 0.6 is 36.7 Å². The van der Waals surface area contributed by atoms with Crippen LogP contribution in [0.2, 0.25) is 0 Å². The van der Waals surface area contributed by atoms with Gasteiger partial charge in [-0.15, -0.1) is 0 Å². The summed E-state index contributed by atoms with van der Waals surface area (Å²) < 4.78 is 0. The van der Waals surface area contributed by atoms with Gasteiger partial charge in [-0.05, 0) is 36.9 Å². The quantitative estimate of drug-likeness (QED) is 0.692. The molecule has 0 saturated heterocycles. The fourth-order valence-electron chi connectivity index (χ4n) is 3.37. The van der Waals surface area contributed by atoms with Crippen LogP contribution in [0.4, 0.5) is 0 Å². The van der Waals surface area contributed by atoms with Crippen molar-refractivity contribution < 1.29 is 0 Å². The molecular formula is C13H23N3S3. The molecule has 1 aliphatic rings. The first-order valence-corrected chi connectivity index (χ1v) is 7.64. The molecule has 0 aromatic rings. The fourth-order valence-corrected chi connectivity index (χ4v) is 4.08. The molecule has 6 heteroatoms. The molecule has 108 valence electrons. The Hall–Kier alpha value is -0.330. The highest BCUT2D eigenvalue weighted by atomic mass is 32.1. The first kappa shape index (κ1) is 16.7. The van der Waals surface area contributed by atoms with E-state index in [1.807, 2.05) is 0 Å². The van der Waals surface area contributed by atoms with Crippen molar-refractivity contribution in [2.45, 2.75) is 52.5 Å². The van der Waals surface area contributed by atoms with Crippen LogP contribution in [0.5, 0.6) is 0 Å². The molecule has 0 spiro atoms. The van der Waals surface area contributed by atoms with E-state index in [9.17, 15) is 0 Å². The van der Waals surface area contributed by atoms with Crippen molar-refractivity contribution in [3.05, 3.63) is 0 Å². The molecule has 0 radical (unpaired) electrons. The number of thiocarbonyl (C=S) groups is 3. The van der Waals surface area contributed by atoms with Gasteiger partial charge in [-0.1, -0.05) is 45.2 Å². The standard InChI is InChI=1S/C13H23N3S3/c1-12(2)5-8(16-11(15)19)6-13(3,7-12)9(17)4-10(14)18/h8H,4-7H2,1-3H3,(H2,14,18)(H3,15,16,19). The molecule has 3 nitrogen and oxygen atoms in total. The summed E-state index contributed by atoms with van der Waals surface area (Å²) in [5.41, 5.74) is 11.4. The van der Waals surface area contributed by atoms with Gasteiger partial charge < -0.3 is 16.8 Å². The second-order valence-electron chi connectivity index (χ2n) is 6.58. The van der Waals surface area contributed by atoms with Gasteiger partial charge in [-0.2, -0.15) is 0 Å². The summed E-state index contributed by atoms with van der Waals surface area (Å²) >= 11 is 15.5. The number of rotatable bonds is 4. The Morgan fingerprint density at radius 1 is 1.16 bits per heavy atom. The monoisotopic (exact) mass is 317 g/mol. The summed E-state index contributed by atoms with van der Waals surface area (Å²) in [7, 11) is 0. The normalized spacial score (nSPS) is 29.5. The lowest BCUT2D eigenvalue weighted by Crippen LogP contribution is -2.50. The first-order chi connectivity index (χ1) is 8.54. The molecule has 0 aromatic carbocycles. The van der Waals surface area contributed by atoms with Gasteiger partial charge in [-0.3, -0.25) is 0 Å². The van der Waals surface area contributed by atoms with Gasteiger partial charge >= 0.3 is 0 Å². The van der Waals surface area contributed by atoms with E-state index in [0.717, 1.165) is 24.1 Å². The Morgan fingerprint density at radius 3 is 2.21 bits per heavy atom. The maximum atomic E-state index is 5.63. The molecule has 5 N–H and O–H groups in total. The molecule has 1 fully saturated rings. The average molecular weight is 318 g/mol. The smallest absolute Gasteiger partial charge is 0.163 e. The molecule has 1 rings (SSSR count). The van der Waals surface area contributed by atoms with Crippen molar-refractivity contribution in [2.75, 3.05) is 0 Å². The molecule has 19 heavy (non-hydrogen) atoms. The molecule has 0 bridgehead atoms. The van der Waals surface area contributed by atoms with Gasteiger partial charge in [0.05, 0.1) is 4.99 Å². The van der Waals surface area contributed by atoms with E-state index in [4.69, 9.17) is 48.1 Å². The minimum atomic E-state index is -0.0526. The Balaban J connectivity index is 2.89. The topological polar surface area (TPSA) is 64.1 Å². The predicted molar refractivity (Wildman–Crippen MR) is 93.4 cm³/mol. The third kappa shape index (κ3) is 4.93. The molecule has 1 saturated carbocycles. The Morgan fingerprint density at radius 2 is 1.74 bits per heavy atom. The van der Waals surface area contributed by atoms with Crippen LogP contribution in [0.15, 0.2) is 0 Å². The van der Waals surface area contributed by atoms with E-state index >= 15 is 0 Å². The Bertz CT molecular complexity index is 406. The molecule has 0 heterocycles. The van der Waals surface area contributed by atoms with Crippen molar-refractivity contribution in [2.24, 2.45) is 22.3 Å². The highest BCUT2D eigenvalue weighted by Gasteiger charge is 2.43. The zero-order valence-corrected chi connectivity index (χ0v) is 14.2. The van der Waals surface area contributed by atoms with Crippen molar-refractivity contribution in [1.29, 1.82) is 0 Å². The van der Waals surface area contributed by atoms with Crippen LogP contribution in [0, 0.1) is 10.8 Å². The van der Waals surface area contributed by atoms with Gasteiger partial charge in [0.15, 0.2) is 5.11 Å². The first-order valence-electron chi connectivity index (χ1n) is 6.42. The minimum absolute atomic E-state index is 0.0526. The third-order valence-electron chi connectivity index (χ3n) is 3.72. The molecule has 0 aliphatic heterocycles. The number of nitrogens with two attached hydrogens (primary N) is 2. The Kier molecular flexibility index (Phi) is 5.26. The lowest BCUT2D eigenvalue weighted by molar-refractivity contribution is 0.127. The van der Waals surface area contributed by atoms with Crippen molar-refractivity contribution in [3.8, 4) is 0 Å².